The van der Waals surface area contributed by atoms with Crippen LogP contribution in [0.1, 0.15) is 43.8 Å². The number of aromatic nitrogens is 3. The number of amides is 1. The van der Waals surface area contributed by atoms with Gasteiger partial charge in [-0.25, -0.2) is 0 Å². The summed E-state index contributed by atoms with van der Waals surface area (Å²) in [5, 5.41) is 10.2. The monoisotopic (exact) mass is 292 g/mol. The summed E-state index contributed by atoms with van der Waals surface area (Å²) in [6, 6.07) is 0. The van der Waals surface area contributed by atoms with E-state index in [2.05, 4.69) is 15.5 Å². The summed E-state index contributed by atoms with van der Waals surface area (Å²) >= 11 is 5.26. The Bertz CT molecular complexity index is 584. The molecule has 108 valence electrons. The van der Waals surface area contributed by atoms with E-state index in [1.165, 1.54) is 25.7 Å². The minimum atomic E-state index is 0.241. The molecule has 3 fully saturated rings. The molecule has 0 saturated heterocycles. The molecule has 0 unspecified atom stereocenters. The van der Waals surface area contributed by atoms with Crippen LogP contribution in [0.15, 0.2) is 0 Å². The van der Waals surface area contributed by atoms with Gasteiger partial charge in [0.05, 0.1) is 0 Å². The fourth-order valence-electron chi connectivity index (χ4n) is 3.18. The van der Waals surface area contributed by atoms with E-state index in [-0.39, 0.29) is 5.91 Å². The van der Waals surface area contributed by atoms with Crippen LogP contribution in [0.3, 0.4) is 0 Å². The second-order valence-electron chi connectivity index (χ2n) is 6.45. The first-order valence-electron chi connectivity index (χ1n) is 7.67. The first-order valence-corrected chi connectivity index (χ1v) is 8.07. The number of nitrogens with zero attached hydrogens (tertiary/aromatic N) is 2. The van der Waals surface area contributed by atoms with Crippen LogP contribution >= 0.6 is 12.2 Å². The van der Waals surface area contributed by atoms with E-state index in [1.54, 1.807) is 0 Å². The Hall–Kier alpha value is -1.17. The van der Waals surface area contributed by atoms with Crippen LogP contribution in [-0.4, -0.2) is 27.2 Å². The number of carbonyl (C=O) groups is 1. The first kappa shape index (κ1) is 12.6. The molecule has 5 nitrogen and oxygen atoms in total. The van der Waals surface area contributed by atoms with Crippen LogP contribution in [0.25, 0.3) is 0 Å². The number of rotatable bonds is 6. The minimum absolute atomic E-state index is 0.241. The third kappa shape index (κ3) is 2.41. The molecule has 2 N–H and O–H groups in total. The molecule has 3 aliphatic rings. The Labute approximate surface area is 123 Å². The van der Waals surface area contributed by atoms with E-state index in [0.717, 1.165) is 24.7 Å². The lowest BCUT2D eigenvalue weighted by Gasteiger charge is -2.08. The molecule has 0 aliphatic heterocycles. The summed E-state index contributed by atoms with van der Waals surface area (Å²) in [5.74, 6) is 3.71. The van der Waals surface area contributed by atoms with Crippen molar-refractivity contribution in [2.24, 2.45) is 17.8 Å². The number of carbonyl (C=O) groups excluding carboxylic acids is 1. The fraction of sp³-hybridized carbons (Fsp3) is 0.786. The summed E-state index contributed by atoms with van der Waals surface area (Å²) < 4.78 is 2.71. The van der Waals surface area contributed by atoms with Gasteiger partial charge < -0.3 is 9.88 Å². The Morgan fingerprint density at radius 3 is 2.90 bits per heavy atom. The van der Waals surface area contributed by atoms with Gasteiger partial charge in [0.2, 0.25) is 5.91 Å². The van der Waals surface area contributed by atoms with Gasteiger partial charge in [-0.05, 0) is 56.2 Å². The van der Waals surface area contributed by atoms with E-state index >= 15 is 0 Å². The molecule has 1 amide bonds. The molecule has 6 heteroatoms. The lowest BCUT2D eigenvalue weighted by atomic mass is 10.2. The largest absolute Gasteiger partial charge is 0.354 e. The summed E-state index contributed by atoms with van der Waals surface area (Å²) in [6.45, 7) is 1.38. The van der Waals surface area contributed by atoms with Crippen LogP contribution in [0.2, 0.25) is 0 Å². The quantitative estimate of drug-likeness (QED) is 0.788. The first-order chi connectivity index (χ1) is 9.74. The third-order valence-electron chi connectivity index (χ3n) is 4.77. The van der Waals surface area contributed by atoms with Crippen molar-refractivity contribution in [2.75, 3.05) is 6.54 Å². The highest BCUT2D eigenvalue weighted by Gasteiger charge is 2.50. The SMILES string of the molecule is O=C(NCCn1c(C2CC2)n[nH]c1=S)[C@H]1C[C@@H]1C1CC1. The van der Waals surface area contributed by atoms with Crippen molar-refractivity contribution in [3.05, 3.63) is 10.6 Å². The lowest BCUT2D eigenvalue weighted by Crippen LogP contribution is -2.29. The lowest BCUT2D eigenvalue weighted by molar-refractivity contribution is -0.122. The van der Waals surface area contributed by atoms with E-state index in [9.17, 15) is 4.79 Å². The molecule has 0 spiro atoms. The van der Waals surface area contributed by atoms with E-state index in [4.69, 9.17) is 12.2 Å². The maximum Gasteiger partial charge on any atom is 0.223 e. The van der Waals surface area contributed by atoms with Crippen molar-refractivity contribution < 1.29 is 4.79 Å². The number of aromatic amines is 1. The van der Waals surface area contributed by atoms with Gasteiger partial charge in [-0.15, -0.1) is 0 Å². The predicted molar refractivity (Wildman–Crippen MR) is 76.7 cm³/mol. The topological polar surface area (TPSA) is 62.7 Å². The van der Waals surface area contributed by atoms with Crippen molar-refractivity contribution in [1.29, 1.82) is 0 Å². The Balaban J connectivity index is 1.29. The molecule has 3 saturated carbocycles. The molecule has 1 heterocycles. The number of hydrogen-bond donors (Lipinski definition) is 2. The van der Waals surface area contributed by atoms with E-state index < -0.39 is 0 Å². The zero-order chi connectivity index (χ0) is 13.7. The normalized spacial score (nSPS) is 28.4. The maximum absolute atomic E-state index is 12.0. The Morgan fingerprint density at radius 2 is 2.20 bits per heavy atom. The Morgan fingerprint density at radius 1 is 1.40 bits per heavy atom. The summed E-state index contributed by atoms with van der Waals surface area (Å²) in [4.78, 5) is 12.0. The number of hydrogen-bond acceptors (Lipinski definition) is 3. The van der Waals surface area contributed by atoms with Crippen LogP contribution in [0, 0.1) is 22.5 Å². The van der Waals surface area contributed by atoms with Gasteiger partial charge in [0.1, 0.15) is 5.82 Å². The zero-order valence-corrected chi connectivity index (χ0v) is 12.3. The van der Waals surface area contributed by atoms with Gasteiger partial charge in [-0.1, -0.05) is 0 Å². The van der Waals surface area contributed by atoms with Crippen LogP contribution in [0.4, 0.5) is 0 Å². The average molecular weight is 292 g/mol. The summed E-state index contributed by atoms with van der Waals surface area (Å²) in [6.07, 6.45) is 6.19. The zero-order valence-electron chi connectivity index (χ0n) is 11.5. The van der Waals surface area contributed by atoms with Gasteiger partial charge in [0.25, 0.3) is 0 Å². The minimum Gasteiger partial charge on any atom is -0.354 e. The molecule has 4 rings (SSSR count). The molecule has 2 atom stereocenters. The summed E-state index contributed by atoms with van der Waals surface area (Å²) in [5.41, 5.74) is 0. The van der Waals surface area contributed by atoms with Crippen molar-refractivity contribution >= 4 is 18.1 Å². The van der Waals surface area contributed by atoms with Crippen molar-refractivity contribution in [1.82, 2.24) is 20.1 Å². The molecular weight excluding hydrogens is 272 g/mol. The highest BCUT2D eigenvalue weighted by molar-refractivity contribution is 7.71. The van der Waals surface area contributed by atoms with Crippen LogP contribution in [0.5, 0.6) is 0 Å². The molecule has 0 aromatic carbocycles. The average Bonchev–Trinajstić information content (AvgIpc) is 3.29. The van der Waals surface area contributed by atoms with Gasteiger partial charge in [0.15, 0.2) is 4.77 Å². The molecule has 3 aliphatic carbocycles. The van der Waals surface area contributed by atoms with Gasteiger partial charge in [0, 0.05) is 24.9 Å². The third-order valence-corrected chi connectivity index (χ3v) is 5.08. The number of nitrogens with one attached hydrogen (secondary N) is 2. The Kier molecular flexibility index (Phi) is 2.94. The second-order valence-corrected chi connectivity index (χ2v) is 6.83. The maximum atomic E-state index is 12.0. The van der Waals surface area contributed by atoms with Crippen LogP contribution in [-0.2, 0) is 11.3 Å². The smallest absolute Gasteiger partial charge is 0.223 e. The highest BCUT2D eigenvalue weighted by Crippen LogP contribution is 2.54. The standard InChI is InChI=1S/C14H20N4OS/c19-13(11-7-10(11)8-1-2-8)15-5-6-18-12(9-3-4-9)16-17-14(18)20/h8-11H,1-7H2,(H,15,19)(H,17,20)/t10-,11+/m1/s1. The predicted octanol–water partition coefficient (Wildman–Crippen LogP) is 1.98. The molecule has 0 radical (unpaired) electrons. The van der Waals surface area contributed by atoms with Gasteiger partial charge in [-0.3, -0.25) is 9.89 Å². The van der Waals surface area contributed by atoms with Gasteiger partial charge >= 0.3 is 0 Å². The highest BCUT2D eigenvalue weighted by atomic mass is 32.1. The molecular formula is C14H20N4OS. The second kappa shape index (κ2) is 4.69. The summed E-state index contributed by atoms with van der Waals surface area (Å²) in [7, 11) is 0. The van der Waals surface area contributed by atoms with Crippen molar-refractivity contribution in [3.63, 3.8) is 0 Å². The van der Waals surface area contributed by atoms with Crippen molar-refractivity contribution in [2.45, 2.75) is 44.6 Å². The van der Waals surface area contributed by atoms with E-state index in [1.807, 2.05) is 4.57 Å². The molecule has 0 bridgehead atoms. The fourth-order valence-corrected chi connectivity index (χ4v) is 3.41. The molecule has 1 aromatic rings. The molecule has 20 heavy (non-hydrogen) atoms. The van der Waals surface area contributed by atoms with Gasteiger partial charge in [-0.2, -0.15) is 5.10 Å². The van der Waals surface area contributed by atoms with Crippen LogP contribution < -0.4 is 5.32 Å². The van der Waals surface area contributed by atoms with Crippen molar-refractivity contribution in [3.8, 4) is 0 Å². The number of H-pyrrole nitrogens is 1. The van der Waals surface area contributed by atoms with E-state index in [0.29, 0.717) is 29.1 Å². The molecule has 1 aromatic heterocycles.